The van der Waals surface area contributed by atoms with E-state index in [1.807, 2.05) is 59.5 Å². The zero-order valence-corrected chi connectivity index (χ0v) is 23.1. The van der Waals surface area contributed by atoms with E-state index in [-0.39, 0.29) is 31.1 Å². The zero-order chi connectivity index (χ0) is 27.5. The van der Waals surface area contributed by atoms with E-state index in [2.05, 4.69) is 15.1 Å². The van der Waals surface area contributed by atoms with Crippen LogP contribution in [-0.4, -0.2) is 71.3 Å². The lowest BCUT2D eigenvalue weighted by Gasteiger charge is -2.33. The molecule has 208 valence electrons. The zero-order valence-electron chi connectivity index (χ0n) is 22.3. The maximum absolute atomic E-state index is 13.5. The van der Waals surface area contributed by atoms with Gasteiger partial charge in [-0.05, 0) is 55.2 Å². The molecule has 1 saturated heterocycles. The molecule has 0 atom stereocenters. The number of ether oxygens (including phenoxy) is 2. The number of fused-ring (bicyclic) bond motifs is 1. The van der Waals surface area contributed by atoms with Crippen molar-refractivity contribution >= 4 is 29.2 Å². The van der Waals surface area contributed by atoms with Gasteiger partial charge in [-0.1, -0.05) is 42.3 Å². The minimum absolute atomic E-state index is 0.00810. The van der Waals surface area contributed by atoms with Gasteiger partial charge >= 0.3 is 0 Å². The Morgan fingerprint density at radius 1 is 0.925 bits per heavy atom. The molecular formula is C30H32ClN5O4. The molecule has 3 heterocycles. The summed E-state index contributed by atoms with van der Waals surface area (Å²) in [4.78, 5) is 32.5. The molecule has 0 spiro atoms. The lowest BCUT2D eigenvalue weighted by atomic mass is 9.84. The van der Waals surface area contributed by atoms with E-state index in [1.165, 1.54) is 0 Å². The van der Waals surface area contributed by atoms with E-state index < -0.39 is 0 Å². The Morgan fingerprint density at radius 3 is 2.55 bits per heavy atom. The van der Waals surface area contributed by atoms with Crippen molar-refractivity contribution in [1.29, 1.82) is 0 Å². The smallest absolute Gasteiger partial charge is 0.242 e. The van der Waals surface area contributed by atoms with Gasteiger partial charge in [0.25, 0.3) is 0 Å². The number of hydrogen-bond acceptors (Lipinski definition) is 7. The molecule has 0 N–H and O–H groups in total. The molecule has 3 aromatic rings. The first kappa shape index (κ1) is 26.4. The molecule has 2 amide bonds. The Morgan fingerprint density at radius 2 is 1.77 bits per heavy atom. The molecule has 0 bridgehead atoms. The van der Waals surface area contributed by atoms with Crippen LogP contribution in [0.5, 0.6) is 11.5 Å². The fourth-order valence-corrected chi connectivity index (χ4v) is 5.58. The number of anilines is 1. The highest BCUT2D eigenvalue weighted by molar-refractivity contribution is 6.33. The number of nitrogens with zero attached hydrogens (tertiary/aromatic N) is 5. The topological polar surface area (TPSA) is 88.1 Å². The predicted molar refractivity (Wildman–Crippen MR) is 151 cm³/mol. The molecule has 2 aromatic carbocycles. The van der Waals surface area contributed by atoms with Gasteiger partial charge in [-0.15, -0.1) is 10.2 Å². The van der Waals surface area contributed by atoms with E-state index in [4.69, 9.17) is 21.1 Å². The summed E-state index contributed by atoms with van der Waals surface area (Å²) in [5.74, 6) is 2.19. The molecule has 1 aromatic heterocycles. The number of halogens is 1. The number of amides is 2. The summed E-state index contributed by atoms with van der Waals surface area (Å²) in [6, 6.07) is 17.1. The van der Waals surface area contributed by atoms with Crippen molar-refractivity contribution in [2.24, 2.45) is 5.92 Å². The third-order valence-electron chi connectivity index (χ3n) is 7.88. The average Bonchev–Trinajstić information content (AvgIpc) is 3.26. The Bertz CT molecular complexity index is 1380. The van der Waals surface area contributed by atoms with E-state index in [1.54, 1.807) is 4.90 Å². The summed E-state index contributed by atoms with van der Waals surface area (Å²) in [6.45, 7) is 3.24. The Balaban J connectivity index is 1.10. The van der Waals surface area contributed by atoms with Crippen molar-refractivity contribution < 1.29 is 19.1 Å². The van der Waals surface area contributed by atoms with E-state index in [0.717, 1.165) is 54.9 Å². The number of aromatic nitrogens is 2. The van der Waals surface area contributed by atoms with Crippen LogP contribution in [0.25, 0.3) is 11.3 Å². The number of benzene rings is 2. The fourth-order valence-electron chi connectivity index (χ4n) is 5.35. The Kier molecular flexibility index (Phi) is 7.73. The van der Waals surface area contributed by atoms with Gasteiger partial charge in [0.05, 0.1) is 10.7 Å². The highest BCUT2D eigenvalue weighted by Crippen LogP contribution is 2.34. The van der Waals surface area contributed by atoms with Gasteiger partial charge in [0, 0.05) is 44.2 Å². The highest BCUT2D eigenvalue weighted by Gasteiger charge is 2.32. The van der Waals surface area contributed by atoms with Crippen molar-refractivity contribution in [2.45, 2.75) is 32.2 Å². The first-order valence-corrected chi connectivity index (χ1v) is 14.2. The first-order chi connectivity index (χ1) is 19.5. The highest BCUT2D eigenvalue weighted by atomic mass is 35.5. The Labute approximate surface area is 238 Å². The number of rotatable bonds is 7. The van der Waals surface area contributed by atoms with Gasteiger partial charge in [-0.3, -0.25) is 9.59 Å². The van der Waals surface area contributed by atoms with Crippen LogP contribution in [-0.2, 0) is 16.1 Å². The molecule has 1 saturated carbocycles. The van der Waals surface area contributed by atoms with Gasteiger partial charge in [0.15, 0.2) is 17.3 Å². The lowest BCUT2D eigenvalue weighted by molar-refractivity contribution is -0.145. The molecule has 10 heteroatoms. The van der Waals surface area contributed by atoms with Crippen LogP contribution in [0.4, 0.5) is 5.82 Å². The van der Waals surface area contributed by atoms with Crippen molar-refractivity contribution in [1.82, 2.24) is 20.0 Å². The monoisotopic (exact) mass is 561 g/mol. The molecule has 2 fully saturated rings. The van der Waals surface area contributed by atoms with Crippen LogP contribution in [0.3, 0.4) is 0 Å². The molecule has 0 unspecified atom stereocenters. The van der Waals surface area contributed by atoms with Crippen molar-refractivity contribution in [3.8, 4) is 22.8 Å². The largest absolute Gasteiger partial charge is 0.454 e. The summed E-state index contributed by atoms with van der Waals surface area (Å²) in [6.07, 6.45) is 3.64. The molecule has 0 radical (unpaired) electrons. The second kappa shape index (κ2) is 11.7. The molecule has 40 heavy (non-hydrogen) atoms. The number of carbonyl (C=O) groups is 2. The van der Waals surface area contributed by atoms with Gasteiger partial charge in [0.2, 0.25) is 18.6 Å². The van der Waals surface area contributed by atoms with Crippen molar-refractivity contribution in [3.05, 3.63) is 65.2 Å². The fraction of sp³-hybridized carbons (Fsp3) is 0.400. The second-order valence-corrected chi connectivity index (χ2v) is 10.9. The Hall–Kier alpha value is -3.85. The molecular weight excluding hydrogens is 530 g/mol. The summed E-state index contributed by atoms with van der Waals surface area (Å²) < 4.78 is 10.9. The van der Waals surface area contributed by atoms with Gasteiger partial charge in [0.1, 0.15) is 6.54 Å². The summed E-state index contributed by atoms with van der Waals surface area (Å²) in [5, 5.41) is 9.49. The minimum atomic E-state index is -0.0320. The van der Waals surface area contributed by atoms with Crippen LogP contribution < -0.4 is 14.4 Å². The van der Waals surface area contributed by atoms with Gasteiger partial charge < -0.3 is 24.2 Å². The van der Waals surface area contributed by atoms with Gasteiger partial charge in [-0.2, -0.15) is 0 Å². The summed E-state index contributed by atoms with van der Waals surface area (Å²) >= 11 is 6.32. The standard InChI is InChI=1S/C30H32ClN5O4/c31-24-8-2-1-7-23(24)25-10-12-28(33-32-25)34-13-4-14-35(16-15-34)29(37)19-36(30(38)22-5-3-6-22)18-21-9-11-26-27(17-21)40-20-39-26/h1-2,7-12,17,22H,3-6,13-16,18-20H2. The summed E-state index contributed by atoms with van der Waals surface area (Å²) in [7, 11) is 0. The molecule has 1 aliphatic carbocycles. The van der Waals surface area contributed by atoms with Crippen LogP contribution in [0, 0.1) is 5.92 Å². The van der Waals surface area contributed by atoms with Crippen LogP contribution >= 0.6 is 11.6 Å². The quantitative estimate of drug-likeness (QED) is 0.422. The van der Waals surface area contributed by atoms with Crippen LogP contribution in [0.15, 0.2) is 54.6 Å². The predicted octanol–water partition coefficient (Wildman–Crippen LogP) is 4.39. The van der Waals surface area contributed by atoms with Crippen LogP contribution in [0.2, 0.25) is 5.02 Å². The third-order valence-corrected chi connectivity index (χ3v) is 8.21. The SMILES string of the molecule is O=C(CN(Cc1ccc2c(c1)OCO2)C(=O)C1CCC1)N1CCCN(c2ccc(-c3ccccc3Cl)nn2)CC1. The van der Waals surface area contributed by atoms with E-state index >= 15 is 0 Å². The molecule has 6 rings (SSSR count). The van der Waals surface area contributed by atoms with Crippen molar-refractivity contribution in [2.75, 3.05) is 44.4 Å². The number of carbonyl (C=O) groups excluding carboxylic acids is 2. The van der Waals surface area contributed by atoms with Gasteiger partial charge in [-0.25, -0.2) is 0 Å². The van der Waals surface area contributed by atoms with E-state index in [9.17, 15) is 9.59 Å². The van der Waals surface area contributed by atoms with Crippen LogP contribution in [0.1, 0.15) is 31.2 Å². The third kappa shape index (κ3) is 5.70. The molecule has 2 aliphatic heterocycles. The second-order valence-electron chi connectivity index (χ2n) is 10.5. The molecule has 3 aliphatic rings. The number of hydrogen-bond donors (Lipinski definition) is 0. The normalized spacial score (nSPS) is 16.8. The van der Waals surface area contributed by atoms with Crippen molar-refractivity contribution in [3.63, 3.8) is 0 Å². The maximum Gasteiger partial charge on any atom is 0.242 e. The minimum Gasteiger partial charge on any atom is -0.454 e. The lowest BCUT2D eigenvalue weighted by Crippen LogP contribution is -2.46. The summed E-state index contributed by atoms with van der Waals surface area (Å²) in [5.41, 5.74) is 2.49. The average molecular weight is 562 g/mol. The first-order valence-electron chi connectivity index (χ1n) is 13.8. The van der Waals surface area contributed by atoms with E-state index in [0.29, 0.717) is 42.7 Å². The molecule has 9 nitrogen and oxygen atoms in total. The maximum atomic E-state index is 13.5.